The summed E-state index contributed by atoms with van der Waals surface area (Å²) in [4.78, 5) is 10.8. The van der Waals surface area contributed by atoms with E-state index in [4.69, 9.17) is 5.11 Å². The SMILES string of the molecule is O=C(O)CC1CC(C2CC2)c2ccc(F)cc21. The Balaban J connectivity index is 1.95. The van der Waals surface area contributed by atoms with Crippen LogP contribution in [-0.4, -0.2) is 11.1 Å². The summed E-state index contributed by atoms with van der Waals surface area (Å²) in [6, 6.07) is 4.89. The summed E-state index contributed by atoms with van der Waals surface area (Å²) in [6.07, 6.45) is 3.48. The van der Waals surface area contributed by atoms with Gasteiger partial charge >= 0.3 is 5.97 Å². The van der Waals surface area contributed by atoms with E-state index >= 15 is 0 Å². The molecule has 1 aromatic rings. The molecule has 1 aromatic carbocycles. The highest BCUT2D eigenvalue weighted by Gasteiger charge is 2.40. The van der Waals surface area contributed by atoms with E-state index in [9.17, 15) is 9.18 Å². The molecular weight excluding hydrogens is 219 g/mol. The third-order valence-corrected chi connectivity index (χ3v) is 4.04. The topological polar surface area (TPSA) is 37.3 Å². The quantitative estimate of drug-likeness (QED) is 0.871. The molecule has 0 amide bonds. The molecule has 2 atom stereocenters. The van der Waals surface area contributed by atoms with Crippen molar-refractivity contribution in [1.82, 2.24) is 0 Å². The number of fused-ring (bicyclic) bond motifs is 1. The molecule has 0 spiro atoms. The highest BCUT2D eigenvalue weighted by atomic mass is 19.1. The third-order valence-electron chi connectivity index (χ3n) is 4.04. The molecule has 0 aliphatic heterocycles. The fourth-order valence-corrected chi connectivity index (χ4v) is 3.15. The Morgan fingerprint density at radius 2 is 2.12 bits per heavy atom. The van der Waals surface area contributed by atoms with Gasteiger partial charge in [-0.3, -0.25) is 4.79 Å². The average Bonchev–Trinajstić information content (AvgIpc) is 3.04. The molecule has 0 saturated heterocycles. The average molecular weight is 234 g/mol. The zero-order valence-electron chi connectivity index (χ0n) is 9.53. The molecule has 3 rings (SSSR count). The maximum absolute atomic E-state index is 13.3. The first-order chi connectivity index (χ1) is 8.15. The van der Waals surface area contributed by atoms with Gasteiger partial charge in [0.25, 0.3) is 0 Å². The predicted octanol–water partition coefficient (Wildman–Crippen LogP) is 3.28. The van der Waals surface area contributed by atoms with Crippen molar-refractivity contribution >= 4 is 5.97 Å². The van der Waals surface area contributed by atoms with Crippen molar-refractivity contribution in [2.24, 2.45) is 5.92 Å². The van der Waals surface area contributed by atoms with Crippen LogP contribution in [-0.2, 0) is 4.79 Å². The van der Waals surface area contributed by atoms with E-state index in [1.807, 2.05) is 6.07 Å². The molecule has 0 bridgehead atoms. The number of carboxylic acids is 1. The molecule has 2 nitrogen and oxygen atoms in total. The van der Waals surface area contributed by atoms with Gasteiger partial charge in [0.05, 0.1) is 6.42 Å². The summed E-state index contributed by atoms with van der Waals surface area (Å²) in [6.45, 7) is 0. The van der Waals surface area contributed by atoms with Gasteiger partial charge in [-0.05, 0) is 60.3 Å². The molecule has 90 valence electrons. The number of carbonyl (C=O) groups is 1. The standard InChI is InChI=1S/C14H15FO2/c15-10-3-4-11-12(8-1-2-8)5-9(6-14(16)17)13(11)7-10/h3-4,7-9,12H,1-2,5-6H2,(H,16,17). The maximum Gasteiger partial charge on any atom is 0.303 e. The monoisotopic (exact) mass is 234 g/mol. The van der Waals surface area contributed by atoms with Gasteiger partial charge in [-0.2, -0.15) is 0 Å². The highest BCUT2D eigenvalue weighted by molar-refractivity contribution is 5.68. The van der Waals surface area contributed by atoms with Crippen LogP contribution >= 0.6 is 0 Å². The number of rotatable bonds is 3. The zero-order valence-corrected chi connectivity index (χ0v) is 9.53. The van der Waals surface area contributed by atoms with Crippen LogP contribution in [0.3, 0.4) is 0 Å². The molecule has 3 heteroatoms. The van der Waals surface area contributed by atoms with Gasteiger partial charge in [-0.1, -0.05) is 6.07 Å². The van der Waals surface area contributed by atoms with Crippen molar-refractivity contribution < 1.29 is 14.3 Å². The number of carboxylic acid groups (broad SMARTS) is 1. The van der Waals surface area contributed by atoms with E-state index in [2.05, 4.69) is 0 Å². The Bertz CT molecular complexity index is 465. The molecule has 1 N–H and O–H groups in total. The first-order valence-electron chi connectivity index (χ1n) is 6.16. The highest BCUT2D eigenvalue weighted by Crippen LogP contribution is 2.54. The molecule has 0 radical (unpaired) electrons. The van der Waals surface area contributed by atoms with Gasteiger partial charge < -0.3 is 5.11 Å². The lowest BCUT2D eigenvalue weighted by atomic mass is 9.95. The van der Waals surface area contributed by atoms with E-state index in [-0.39, 0.29) is 18.2 Å². The summed E-state index contributed by atoms with van der Waals surface area (Å²) >= 11 is 0. The first-order valence-corrected chi connectivity index (χ1v) is 6.16. The Labute approximate surface area is 99.5 Å². The normalized spacial score (nSPS) is 26.9. The Kier molecular flexibility index (Phi) is 2.42. The molecule has 0 heterocycles. The fourth-order valence-electron chi connectivity index (χ4n) is 3.15. The van der Waals surface area contributed by atoms with Gasteiger partial charge in [0.15, 0.2) is 0 Å². The van der Waals surface area contributed by atoms with Gasteiger partial charge in [-0.25, -0.2) is 4.39 Å². The van der Waals surface area contributed by atoms with Crippen LogP contribution in [0.1, 0.15) is 48.6 Å². The van der Waals surface area contributed by atoms with Gasteiger partial charge in [0.1, 0.15) is 5.82 Å². The third kappa shape index (κ3) is 1.94. The lowest BCUT2D eigenvalue weighted by Crippen LogP contribution is -2.03. The summed E-state index contributed by atoms with van der Waals surface area (Å²) in [5, 5.41) is 8.92. The molecule has 2 unspecified atom stereocenters. The largest absolute Gasteiger partial charge is 0.481 e. The van der Waals surface area contributed by atoms with Crippen molar-refractivity contribution in [3.05, 3.63) is 35.1 Å². The van der Waals surface area contributed by atoms with Crippen LogP contribution in [0.15, 0.2) is 18.2 Å². The second-order valence-electron chi connectivity index (χ2n) is 5.25. The fraction of sp³-hybridized carbons (Fsp3) is 0.500. The second-order valence-corrected chi connectivity index (χ2v) is 5.25. The number of hydrogen-bond donors (Lipinski definition) is 1. The lowest BCUT2D eigenvalue weighted by Gasteiger charge is -2.09. The number of benzene rings is 1. The summed E-state index contributed by atoms with van der Waals surface area (Å²) in [5.74, 6) is 0.133. The minimum atomic E-state index is -0.790. The molecule has 2 aliphatic rings. The van der Waals surface area contributed by atoms with E-state index in [1.165, 1.54) is 30.5 Å². The van der Waals surface area contributed by atoms with E-state index < -0.39 is 5.97 Å². The summed E-state index contributed by atoms with van der Waals surface area (Å²) < 4.78 is 13.3. The molecule has 0 aromatic heterocycles. The Hall–Kier alpha value is -1.38. The van der Waals surface area contributed by atoms with Gasteiger partial charge in [0, 0.05) is 0 Å². The number of hydrogen-bond acceptors (Lipinski definition) is 1. The zero-order chi connectivity index (χ0) is 12.0. The molecular formula is C14H15FO2. The first kappa shape index (κ1) is 10.8. The number of aliphatic carboxylic acids is 1. The summed E-state index contributed by atoms with van der Waals surface area (Å²) in [7, 11) is 0. The van der Waals surface area contributed by atoms with E-state index in [1.54, 1.807) is 0 Å². The van der Waals surface area contributed by atoms with Gasteiger partial charge in [-0.15, -0.1) is 0 Å². The maximum atomic E-state index is 13.3. The van der Waals surface area contributed by atoms with Crippen molar-refractivity contribution in [1.29, 1.82) is 0 Å². The summed E-state index contributed by atoms with van der Waals surface area (Å²) in [5.41, 5.74) is 2.13. The number of halogens is 1. The van der Waals surface area contributed by atoms with Crippen molar-refractivity contribution in [3.63, 3.8) is 0 Å². The van der Waals surface area contributed by atoms with Gasteiger partial charge in [0.2, 0.25) is 0 Å². The van der Waals surface area contributed by atoms with Crippen LogP contribution < -0.4 is 0 Å². The Morgan fingerprint density at radius 1 is 1.35 bits per heavy atom. The minimum absolute atomic E-state index is 0.00352. The molecule has 1 saturated carbocycles. The van der Waals surface area contributed by atoms with Crippen molar-refractivity contribution in [2.75, 3.05) is 0 Å². The molecule has 1 fully saturated rings. The van der Waals surface area contributed by atoms with Crippen LogP contribution in [0, 0.1) is 11.7 Å². The molecule has 17 heavy (non-hydrogen) atoms. The smallest absolute Gasteiger partial charge is 0.303 e. The van der Waals surface area contributed by atoms with Crippen LogP contribution in [0.5, 0.6) is 0 Å². The van der Waals surface area contributed by atoms with E-state index in [0.29, 0.717) is 11.8 Å². The van der Waals surface area contributed by atoms with E-state index in [0.717, 1.165) is 12.0 Å². The van der Waals surface area contributed by atoms with Crippen molar-refractivity contribution in [3.8, 4) is 0 Å². The molecule has 2 aliphatic carbocycles. The van der Waals surface area contributed by atoms with Crippen LogP contribution in [0.4, 0.5) is 4.39 Å². The Morgan fingerprint density at radius 3 is 2.76 bits per heavy atom. The minimum Gasteiger partial charge on any atom is -0.481 e. The van der Waals surface area contributed by atoms with Crippen LogP contribution in [0.25, 0.3) is 0 Å². The lowest BCUT2D eigenvalue weighted by molar-refractivity contribution is -0.137. The predicted molar refractivity (Wildman–Crippen MR) is 61.5 cm³/mol. The second kappa shape index (κ2) is 3.83. The van der Waals surface area contributed by atoms with Crippen LogP contribution in [0.2, 0.25) is 0 Å². The van der Waals surface area contributed by atoms with Crippen molar-refractivity contribution in [2.45, 2.75) is 37.5 Å².